The Kier molecular flexibility index (Phi) is 2.78. The van der Waals surface area contributed by atoms with E-state index in [2.05, 4.69) is 70.6 Å². The summed E-state index contributed by atoms with van der Waals surface area (Å²) in [5, 5.41) is 1.02. The van der Waals surface area contributed by atoms with E-state index in [4.69, 9.17) is 0 Å². The van der Waals surface area contributed by atoms with Crippen molar-refractivity contribution in [3.8, 4) is 0 Å². The Morgan fingerprint density at radius 2 is 1.88 bits per heavy atom. The van der Waals surface area contributed by atoms with Gasteiger partial charge in [0.15, 0.2) is 0 Å². The van der Waals surface area contributed by atoms with Crippen LogP contribution in [0.4, 0.5) is 0 Å². The monoisotopic (exact) mass is 290 g/mol. The maximum Gasteiger partial charge on any atom is 0.0495 e. The summed E-state index contributed by atoms with van der Waals surface area (Å²) in [6.07, 6.45) is 13.2. The van der Waals surface area contributed by atoms with Crippen molar-refractivity contribution in [2.75, 3.05) is 0 Å². The van der Waals surface area contributed by atoms with Crippen LogP contribution in [0.1, 0.15) is 16.4 Å². The van der Waals surface area contributed by atoms with Gasteiger partial charge in [0.05, 0.1) is 0 Å². The third-order valence-electron chi connectivity index (χ3n) is 2.85. The maximum absolute atomic E-state index is 3.60. The van der Waals surface area contributed by atoms with Crippen molar-refractivity contribution in [2.24, 2.45) is 0 Å². The molecule has 80 valence electrons. The van der Waals surface area contributed by atoms with E-state index < -0.39 is 0 Å². The Hall–Kier alpha value is -0.730. The molecule has 1 atom stereocenters. The Bertz CT molecular complexity index is 487. The number of rotatable bonds is 2. The molecule has 2 heteroatoms. The van der Waals surface area contributed by atoms with Crippen LogP contribution in [0.2, 0.25) is 0 Å². The van der Waals surface area contributed by atoms with Crippen molar-refractivity contribution in [1.29, 1.82) is 0 Å². The van der Waals surface area contributed by atoms with Gasteiger partial charge in [0.25, 0.3) is 0 Å². The first-order chi connectivity index (χ1) is 7.84. The zero-order chi connectivity index (χ0) is 11.0. The highest BCUT2D eigenvalue weighted by Gasteiger charge is 2.21. The van der Waals surface area contributed by atoms with Crippen molar-refractivity contribution in [1.82, 2.24) is 0 Å². The fourth-order valence-corrected chi connectivity index (χ4v) is 3.79. The van der Waals surface area contributed by atoms with Gasteiger partial charge in [-0.3, -0.25) is 0 Å². The summed E-state index contributed by atoms with van der Waals surface area (Å²) in [6.45, 7) is 0. The molecular formula is C14H11BrS. The summed E-state index contributed by atoms with van der Waals surface area (Å²) in [5.41, 5.74) is 2.76. The molecule has 0 saturated carbocycles. The molecule has 0 bridgehead atoms. The van der Waals surface area contributed by atoms with E-state index in [0.29, 0.717) is 10.5 Å². The first kappa shape index (κ1) is 10.4. The van der Waals surface area contributed by atoms with Gasteiger partial charge in [-0.25, -0.2) is 0 Å². The van der Waals surface area contributed by atoms with Gasteiger partial charge < -0.3 is 0 Å². The average Bonchev–Trinajstić information content (AvgIpc) is 2.90. The number of benzene rings is 1. The molecular weight excluding hydrogens is 280 g/mol. The molecule has 0 fully saturated rings. The lowest BCUT2D eigenvalue weighted by molar-refractivity contribution is 1.24. The normalized spacial score (nSPS) is 21.9. The van der Waals surface area contributed by atoms with E-state index in [0.717, 1.165) is 0 Å². The highest BCUT2D eigenvalue weighted by Crippen LogP contribution is 2.43. The fraction of sp³-hybridized carbons (Fsp3) is 0.143. The Balaban J connectivity index is 1.86. The summed E-state index contributed by atoms with van der Waals surface area (Å²) in [6, 6.07) is 6.44. The molecule has 0 radical (unpaired) electrons. The second kappa shape index (κ2) is 4.27. The highest BCUT2D eigenvalue weighted by molar-refractivity contribution is 9.10. The first-order valence-corrected chi connectivity index (χ1v) is 7.05. The summed E-state index contributed by atoms with van der Waals surface area (Å²) in [7, 11) is 0. The van der Waals surface area contributed by atoms with Gasteiger partial charge in [-0.05, 0) is 17.2 Å². The van der Waals surface area contributed by atoms with Gasteiger partial charge in [0, 0.05) is 15.0 Å². The quantitative estimate of drug-likeness (QED) is 0.758. The van der Waals surface area contributed by atoms with Crippen LogP contribution in [0.5, 0.6) is 0 Å². The average molecular weight is 291 g/mol. The van der Waals surface area contributed by atoms with Crippen LogP contribution < -0.4 is 0 Å². The van der Waals surface area contributed by atoms with Crippen LogP contribution in [-0.4, -0.2) is 5.25 Å². The molecule has 2 aliphatic carbocycles. The molecule has 0 aliphatic heterocycles. The zero-order valence-electron chi connectivity index (χ0n) is 8.64. The number of thioether (sulfide) groups is 1. The topological polar surface area (TPSA) is 0 Å². The van der Waals surface area contributed by atoms with Crippen molar-refractivity contribution < 1.29 is 0 Å². The van der Waals surface area contributed by atoms with Crippen molar-refractivity contribution in [3.63, 3.8) is 0 Å². The number of halogens is 1. The smallest absolute Gasteiger partial charge is 0.0495 e. The molecule has 0 spiro atoms. The first-order valence-electron chi connectivity index (χ1n) is 5.32. The number of allylic oxidation sites excluding steroid dienone is 2. The van der Waals surface area contributed by atoms with E-state index in [-0.39, 0.29) is 0 Å². The molecule has 3 rings (SSSR count). The van der Waals surface area contributed by atoms with Gasteiger partial charge in [-0.1, -0.05) is 64.5 Å². The molecule has 0 heterocycles. The van der Waals surface area contributed by atoms with Gasteiger partial charge in [-0.15, -0.1) is 11.8 Å². The van der Waals surface area contributed by atoms with Gasteiger partial charge in [0.2, 0.25) is 0 Å². The van der Waals surface area contributed by atoms with Crippen molar-refractivity contribution in [2.45, 2.75) is 10.5 Å². The molecule has 2 aliphatic rings. The largest absolute Gasteiger partial charge is 0.138 e. The number of hydrogen-bond acceptors (Lipinski definition) is 1. The second-order valence-corrected chi connectivity index (χ2v) is 6.07. The molecule has 1 aromatic carbocycles. The zero-order valence-corrected chi connectivity index (χ0v) is 11.0. The van der Waals surface area contributed by atoms with Gasteiger partial charge in [0.1, 0.15) is 0 Å². The van der Waals surface area contributed by atoms with Crippen molar-refractivity contribution in [3.05, 3.63) is 64.2 Å². The summed E-state index contributed by atoms with van der Waals surface area (Å²) >= 11 is 5.58. The summed E-state index contributed by atoms with van der Waals surface area (Å²) in [4.78, 5) is 0. The maximum atomic E-state index is 3.60. The third-order valence-corrected chi connectivity index (χ3v) is 4.87. The van der Waals surface area contributed by atoms with E-state index in [1.54, 1.807) is 0 Å². The van der Waals surface area contributed by atoms with E-state index in [9.17, 15) is 0 Å². The SMILES string of the molecule is Brc1cccc2c1C=CC2SC1C=CC=C1. The predicted octanol–water partition coefficient (Wildman–Crippen LogP) is 4.74. The van der Waals surface area contributed by atoms with Crippen molar-refractivity contribution >= 4 is 33.8 Å². The Labute approximate surface area is 108 Å². The van der Waals surface area contributed by atoms with Crippen LogP contribution >= 0.6 is 27.7 Å². The minimum Gasteiger partial charge on any atom is -0.138 e. The molecule has 0 saturated heterocycles. The minimum atomic E-state index is 0.491. The Morgan fingerprint density at radius 3 is 2.69 bits per heavy atom. The molecule has 0 N–H and O–H groups in total. The molecule has 16 heavy (non-hydrogen) atoms. The molecule has 0 aromatic heterocycles. The second-order valence-electron chi connectivity index (χ2n) is 3.89. The van der Waals surface area contributed by atoms with E-state index in [1.165, 1.54) is 15.6 Å². The van der Waals surface area contributed by atoms with Gasteiger partial charge >= 0.3 is 0 Å². The molecule has 0 nitrogen and oxygen atoms in total. The van der Waals surface area contributed by atoms with Crippen LogP contribution in [0, 0.1) is 0 Å². The minimum absolute atomic E-state index is 0.491. The summed E-state index contributed by atoms with van der Waals surface area (Å²) in [5.74, 6) is 0. The van der Waals surface area contributed by atoms with Crippen LogP contribution in [0.15, 0.2) is 53.1 Å². The van der Waals surface area contributed by atoms with Crippen LogP contribution in [0.3, 0.4) is 0 Å². The lowest BCUT2D eigenvalue weighted by Crippen LogP contribution is -1.96. The van der Waals surface area contributed by atoms with Crippen LogP contribution in [0.25, 0.3) is 6.08 Å². The number of fused-ring (bicyclic) bond motifs is 1. The molecule has 1 unspecified atom stereocenters. The van der Waals surface area contributed by atoms with Gasteiger partial charge in [-0.2, -0.15) is 0 Å². The Morgan fingerprint density at radius 1 is 1.06 bits per heavy atom. The predicted molar refractivity (Wildman–Crippen MR) is 75.6 cm³/mol. The van der Waals surface area contributed by atoms with E-state index >= 15 is 0 Å². The van der Waals surface area contributed by atoms with E-state index in [1.807, 2.05) is 11.8 Å². The number of hydrogen-bond donors (Lipinski definition) is 0. The van der Waals surface area contributed by atoms with Crippen LogP contribution in [-0.2, 0) is 0 Å². The third kappa shape index (κ3) is 1.80. The fourth-order valence-electron chi connectivity index (χ4n) is 2.06. The lowest BCUT2D eigenvalue weighted by atomic mass is 10.1. The molecule has 0 amide bonds. The molecule has 1 aromatic rings. The highest BCUT2D eigenvalue weighted by atomic mass is 79.9. The standard InChI is InChI=1S/C14H11BrS/c15-13-7-3-6-12-11(13)8-9-14(12)16-10-4-1-2-5-10/h1-10,14H. The lowest BCUT2D eigenvalue weighted by Gasteiger charge is -2.13. The summed E-state index contributed by atoms with van der Waals surface area (Å²) < 4.78 is 1.20.